The topological polar surface area (TPSA) is 174 Å². The Morgan fingerprint density at radius 2 is 0.917 bits per heavy atom. The highest BCUT2D eigenvalue weighted by atomic mass is 16.4. The number of hydrogen-bond donors (Lipinski definition) is 6. The van der Waals surface area contributed by atoms with Gasteiger partial charge in [0.1, 0.15) is 11.7 Å². The Morgan fingerprint density at radius 1 is 0.667 bits per heavy atom. The molecule has 0 fully saturated rings. The van der Waals surface area contributed by atoms with Crippen LogP contribution in [0, 0.1) is 10.8 Å². The summed E-state index contributed by atoms with van der Waals surface area (Å²) in [5.41, 5.74) is 11.9. The van der Waals surface area contributed by atoms with Crippen molar-refractivity contribution in [1.82, 2.24) is 0 Å². The number of nitrogens with two attached hydrogens (primary N) is 2. The zero-order valence-corrected chi connectivity index (χ0v) is 12.6. The summed E-state index contributed by atoms with van der Waals surface area (Å²) in [4.78, 5) is 18.2. The third-order valence-electron chi connectivity index (χ3n) is 2.35. The van der Waals surface area contributed by atoms with Gasteiger partial charge in [-0.15, -0.1) is 0 Å². The van der Waals surface area contributed by atoms with Crippen molar-refractivity contribution in [3.8, 4) is 0 Å². The molecular formula is C16H18N4O4. The van der Waals surface area contributed by atoms with Crippen LogP contribution in [0.25, 0.3) is 0 Å². The molecule has 8 heteroatoms. The number of benzene rings is 2. The fourth-order valence-corrected chi connectivity index (χ4v) is 1.24. The number of carboxylic acids is 2. The van der Waals surface area contributed by atoms with Crippen LogP contribution in [-0.2, 0) is 9.59 Å². The van der Waals surface area contributed by atoms with E-state index in [2.05, 4.69) is 0 Å². The molecule has 0 unspecified atom stereocenters. The van der Waals surface area contributed by atoms with E-state index in [1.165, 1.54) is 0 Å². The molecule has 2 rings (SSSR count). The summed E-state index contributed by atoms with van der Waals surface area (Å²) >= 11 is 0. The van der Waals surface area contributed by atoms with Crippen LogP contribution >= 0.6 is 0 Å². The summed E-state index contributed by atoms with van der Waals surface area (Å²) in [5, 5.41) is 28.8. The van der Waals surface area contributed by atoms with Crippen molar-refractivity contribution in [1.29, 1.82) is 10.8 Å². The Bertz CT molecular complexity index is 626. The molecule has 0 aliphatic rings. The number of nitrogen functional groups attached to an aromatic ring is 2. The first-order valence-electron chi connectivity index (χ1n) is 6.50. The molecule has 2 aromatic rings. The lowest BCUT2D eigenvalue weighted by Gasteiger charge is -1.93. The maximum absolute atomic E-state index is 9.10. The zero-order valence-electron chi connectivity index (χ0n) is 12.6. The summed E-state index contributed by atoms with van der Waals surface area (Å²) in [7, 11) is 0. The van der Waals surface area contributed by atoms with Gasteiger partial charge in [-0.05, 0) is 0 Å². The number of nitrogens with one attached hydrogen (secondary N) is 2. The number of hydrogen-bond acceptors (Lipinski definition) is 4. The summed E-state index contributed by atoms with van der Waals surface area (Å²) in [5.74, 6) is -3.41. The molecule has 0 heterocycles. The summed E-state index contributed by atoms with van der Waals surface area (Å²) in [6.07, 6.45) is 0. The van der Waals surface area contributed by atoms with Gasteiger partial charge in [0.15, 0.2) is 0 Å². The average molecular weight is 330 g/mol. The minimum Gasteiger partial charge on any atom is -0.473 e. The van der Waals surface area contributed by atoms with Crippen molar-refractivity contribution >= 4 is 23.6 Å². The van der Waals surface area contributed by atoms with E-state index in [4.69, 9.17) is 42.1 Å². The normalized spacial score (nSPS) is 8.50. The predicted molar refractivity (Wildman–Crippen MR) is 90.2 cm³/mol. The minimum absolute atomic E-state index is 0.121. The van der Waals surface area contributed by atoms with Crippen molar-refractivity contribution in [2.45, 2.75) is 0 Å². The second-order valence-electron chi connectivity index (χ2n) is 4.17. The number of carboxylic acid groups (broad SMARTS) is 2. The van der Waals surface area contributed by atoms with Crippen LogP contribution in [0.2, 0.25) is 0 Å². The molecule has 0 saturated heterocycles. The van der Waals surface area contributed by atoms with Crippen LogP contribution in [0.4, 0.5) is 0 Å². The molecule has 0 spiro atoms. The fourth-order valence-electron chi connectivity index (χ4n) is 1.24. The van der Waals surface area contributed by atoms with Gasteiger partial charge in [0.25, 0.3) is 0 Å². The maximum atomic E-state index is 9.10. The van der Waals surface area contributed by atoms with Crippen LogP contribution < -0.4 is 11.5 Å². The molecule has 0 aliphatic carbocycles. The minimum atomic E-state index is -1.82. The first-order valence-corrected chi connectivity index (χ1v) is 6.50. The van der Waals surface area contributed by atoms with Gasteiger partial charge < -0.3 is 21.7 Å². The van der Waals surface area contributed by atoms with E-state index in [1.54, 1.807) is 0 Å². The van der Waals surface area contributed by atoms with Gasteiger partial charge in [0.2, 0.25) is 0 Å². The van der Waals surface area contributed by atoms with Crippen LogP contribution in [0.15, 0.2) is 60.7 Å². The van der Waals surface area contributed by atoms with Gasteiger partial charge >= 0.3 is 11.9 Å². The third-order valence-corrected chi connectivity index (χ3v) is 2.35. The Hall–Kier alpha value is -3.68. The SMILES string of the molecule is N=C(N)c1ccccc1.N=C(N)c1ccccc1.O=C(O)C(=O)O. The van der Waals surface area contributed by atoms with Crippen molar-refractivity contribution in [3.63, 3.8) is 0 Å². The average Bonchev–Trinajstić information content (AvgIpc) is 2.57. The lowest BCUT2D eigenvalue weighted by molar-refractivity contribution is -0.159. The highest BCUT2D eigenvalue weighted by molar-refractivity contribution is 6.27. The van der Waals surface area contributed by atoms with Gasteiger partial charge in [-0.3, -0.25) is 10.8 Å². The number of carbonyl (C=O) groups is 2. The molecule has 0 saturated carbocycles. The molecule has 0 aromatic heterocycles. The second kappa shape index (κ2) is 11.0. The van der Waals surface area contributed by atoms with Gasteiger partial charge in [-0.2, -0.15) is 0 Å². The van der Waals surface area contributed by atoms with Gasteiger partial charge in [0.05, 0.1) is 0 Å². The molecule has 2 aromatic carbocycles. The summed E-state index contributed by atoms with van der Waals surface area (Å²) < 4.78 is 0. The molecule has 0 aliphatic heterocycles. The zero-order chi connectivity index (χ0) is 18.5. The van der Waals surface area contributed by atoms with Crippen LogP contribution in [-0.4, -0.2) is 33.8 Å². The highest BCUT2D eigenvalue weighted by Gasteiger charge is 2.04. The van der Waals surface area contributed by atoms with E-state index in [0.29, 0.717) is 0 Å². The maximum Gasteiger partial charge on any atom is 0.414 e. The number of rotatable bonds is 2. The first kappa shape index (κ1) is 20.3. The van der Waals surface area contributed by atoms with Gasteiger partial charge in [-0.1, -0.05) is 60.7 Å². The van der Waals surface area contributed by atoms with E-state index >= 15 is 0 Å². The lowest BCUT2D eigenvalue weighted by Crippen LogP contribution is -2.10. The van der Waals surface area contributed by atoms with Crippen LogP contribution in [0.5, 0.6) is 0 Å². The van der Waals surface area contributed by atoms with Crippen LogP contribution in [0.3, 0.4) is 0 Å². The molecule has 8 nitrogen and oxygen atoms in total. The highest BCUT2D eigenvalue weighted by Crippen LogP contribution is 1.95. The number of amidine groups is 2. The molecule has 8 N–H and O–H groups in total. The Morgan fingerprint density at radius 3 is 1.04 bits per heavy atom. The van der Waals surface area contributed by atoms with Crippen molar-refractivity contribution in [2.75, 3.05) is 0 Å². The lowest BCUT2D eigenvalue weighted by atomic mass is 10.2. The standard InChI is InChI=1S/2C7H8N2.C2H2O4/c2*8-7(9)6-4-2-1-3-5-6;3-1(4)2(5)6/h2*1-5H,(H3,8,9);(H,3,4)(H,5,6). The molecular weight excluding hydrogens is 312 g/mol. The monoisotopic (exact) mass is 330 g/mol. The third kappa shape index (κ3) is 9.29. The second-order valence-corrected chi connectivity index (χ2v) is 4.17. The van der Waals surface area contributed by atoms with E-state index in [0.717, 1.165) is 11.1 Å². The van der Waals surface area contributed by atoms with E-state index in [9.17, 15) is 0 Å². The summed E-state index contributed by atoms with van der Waals surface area (Å²) in [6, 6.07) is 18.5. The summed E-state index contributed by atoms with van der Waals surface area (Å²) in [6.45, 7) is 0. The van der Waals surface area contributed by atoms with Crippen LogP contribution in [0.1, 0.15) is 11.1 Å². The van der Waals surface area contributed by atoms with E-state index < -0.39 is 11.9 Å². The van der Waals surface area contributed by atoms with E-state index in [-0.39, 0.29) is 11.7 Å². The molecule has 126 valence electrons. The number of aliphatic carboxylic acids is 2. The fraction of sp³-hybridized carbons (Fsp3) is 0. The van der Waals surface area contributed by atoms with Crippen molar-refractivity contribution in [2.24, 2.45) is 11.5 Å². The van der Waals surface area contributed by atoms with Gasteiger partial charge in [-0.25, -0.2) is 9.59 Å². The molecule has 24 heavy (non-hydrogen) atoms. The predicted octanol–water partition coefficient (Wildman–Crippen LogP) is 1.10. The molecule has 0 atom stereocenters. The molecule has 0 radical (unpaired) electrons. The smallest absolute Gasteiger partial charge is 0.414 e. The molecule has 0 bridgehead atoms. The van der Waals surface area contributed by atoms with Crippen molar-refractivity contribution < 1.29 is 19.8 Å². The van der Waals surface area contributed by atoms with Gasteiger partial charge in [0, 0.05) is 11.1 Å². The Labute approximate surface area is 138 Å². The first-order chi connectivity index (χ1) is 11.3. The Kier molecular flexibility index (Phi) is 9.28. The quantitative estimate of drug-likeness (QED) is 0.273. The largest absolute Gasteiger partial charge is 0.473 e. The van der Waals surface area contributed by atoms with Crippen molar-refractivity contribution in [3.05, 3.63) is 71.8 Å². The Balaban J connectivity index is 0.000000340. The molecule has 0 amide bonds. The van der Waals surface area contributed by atoms with E-state index in [1.807, 2.05) is 60.7 Å².